The normalized spacial score (nSPS) is 13.5. The van der Waals surface area contributed by atoms with Gasteiger partial charge in [0.25, 0.3) is 0 Å². The van der Waals surface area contributed by atoms with Crippen LogP contribution in [0.4, 0.5) is 0 Å². The third kappa shape index (κ3) is 57.7. The van der Waals surface area contributed by atoms with E-state index in [-0.39, 0.29) is 38.6 Å². The van der Waals surface area contributed by atoms with Crippen LogP contribution in [-0.4, -0.2) is 82.3 Å². The highest BCUT2D eigenvalue weighted by molar-refractivity contribution is 5.70. The number of allylic oxidation sites excluding steroid dienone is 18. The highest BCUT2D eigenvalue weighted by atomic mass is 16.7. The van der Waals surface area contributed by atoms with Crippen molar-refractivity contribution in [2.75, 3.05) is 47.5 Å². The number of hydrogen-bond acceptors (Lipinski definition) is 8. The highest BCUT2D eigenvalue weighted by Crippen LogP contribution is 2.15. The molecule has 0 aromatic carbocycles. The Kier molecular flexibility index (Phi) is 54.1. The van der Waals surface area contributed by atoms with Crippen molar-refractivity contribution in [3.05, 3.63) is 109 Å². The van der Waals surface area contributed by atoms with E-state index < -0.39 is 24.3 Å². The van der Waals surface area contributed by atoms with Crippen LogP contribution in [0, 0.1) is 0 Å². The minimum Gasteiger partial charge on any atom is -0.545 e. The first-order valence-corrected chi connectivity index (χ1v) is 30.5. The minimum absolute atomic E-state index is 0.141. The molecule has 0 aromatic rings. The van der Waals surface area contributed by atoms with Crippen LogP contribution in [0.3, 0.4) is 0 Å². The maximum absolute atomic E-state index is 12.9. The van der Waals surface area contributed by atoms with Crippen LogP contribution in [0.2, 0.25) is 0 Å². The van der Waals surface area contributed by atoms with E-state index in [0.717, 1.165) is 109 Å². The second kappa shape index (κ2) is 57.1. The number of unbranched alkanes of at least 4 members (excludes halogenated alkanes) is 22. The molecule has 0 aliphatic heterocycles. The maximum atomic E-state index is 12.9. The average molecular weight is 1060 g/mol. The number of carboxylic acids is 1. The molecule has 2 atom stereocenters. The Bertz CT molecular complexity index is 1610. The summed E-state index contributed by atoms with van der Waals surface area (Å²) in [6.45, 7) is 4.60. The lowest BCUT2D eigenvalue weighted by Crippen LogP contribution is -2.44. The molecule has 0 N–H and O–H groups in total. The van der Waals surface area contributed by atoms with Crippen molar-refractivity contribution in [3.63, 3.8) is 0 Å². The number of esters is 2. The summed E-state index contributed by atoms with van der Waals surface area (Å²) in [5, 5.41) is 11.8. The topological polar surface area (TPSA) is 111 Å². The lowest BCUT2D eigenvalue weighted by molar-refractivity contribution is -0.870. The zero-order valence-corrected chi connectivity index (χ0v) is 49.3. The zero-order chi connectivity index (χ0) is 55.5. The van der Waals surface area contributed by atoms with Gasteiger partial charge in [0.05, 0.1) is 40.3 Å². The van der Waals surface area contributed by atoms with Gasteiger partial charge in [0.1, 0.15) is 13.2 Å². The van der Waals surface area contributed by atoms with Crippen LogP contribution in [0.1, 0.15) is 239 Å². The van der Waals surface area contributed by atoms with Gasteiger partial charge in [0, 0.05) is 12.8 Å². The predicted molar refractivity (Wildman–Crippen MR) is 320 cm³/mol. The first kappa shape index (κ1) is 72.0. The van der Waals surface area contributed by atoms with Crippen LogP contribution in [0.5, 0.6) is 0 Å². The third-order valence-electron chi connectivity index (χ3n) is 12.8. The Labute approximate surface area is 466 Å². The lowest BCUT2D eigenvalue weighted by Gasteiger charge is -2.26. The molecule has 0 aliphatic carbocycles. The van der Waals surface area contributed by atoms with Crippen molar-refractivity contribution < 1.29 is 42.9 Å². The van der Waals surface area contributed by atoms with E-state index in [9.17, 15) is 19.5 Å². The molecule has 9 nitrogen and oxygen atoms in total. The summed E-state index contributed by atoms with van der Waals surface area (Å²) in [7, 11) is 5.91. The Hall–Kier alpha value is -4.05. The van der Waals surface area contributed by atoms with Crippen LogP contribution in [0.15, 0.2) is 109 Å². The fourth-order valence-corrected chi connectivity index (χ4v) is 8.08. The molecule has 434 valence electrons. The minimum atomic E-state index is -1.63. The fourth-order valence-electron chi connectivity index (χ4n) is 8.08. The number of nitrogens with zero attached hydrogens (tertiary/aromatic N) is 1. The molecule has 0 aromatic heterocycles. The number of aliphatic carboxylic acids is 1. The SMILES string of the molecule is CC/C=C\C/C=C\C/C=C\C/C=C\C/C=C\C/C=C\C/C=C\CCCCCCCCCCCCCC(=O)OC(COC(=O)CCCCCCCCC/C=C\C/C=C\CCCCCC)COC(OCC[N+](C)(C)C)C(=O)[O-]. The Morgan fingerprint density at radius 3 is 1.12 bits per heavy atom. The van der Waals surface area contributed by atoms with Crippen LogP contribution < -0.4 is 5.11 Å². The summed E-state index contributed by atoms with van der Waals surface area (Å²) in [6, 6.07) is 0. The van der Waals surface area contributed by atoms with Crippen molar-refractivity contribution in [2.24, 2.45) is 0 Å². The largest absolute Gasteiger partial charge is 0.545 e. The molecular formula is C67H113NO8. The van der Waals surface area contributed by atoms with E-state index >= 15 is 0 Å². The number of rotatable bonds is 55. The molecule has 0 saturated heterocycles. The molecule has 9 heteroatoms. The molecule has 76 heavy (non-hydrogen) atoms. The molecule has 2 unspecified atom stereocenters. The summed E-state index contributed by atoms with van der Waals surface area (Å²) in [6.07, 6.45) is 75.6. The summed E-state index contributed by atoms with van der Waals surface area (Å²) in [4.78, 5) is 37.3. The van der Waals surface area contributed by atoms with E-state index in [4.69, 9.17) is 18.9 Å². The van der Waals surface area contributed by atoms with Gasteiger partial charge in [-0.2, -0.15) is 0 Å². The number of quaternary nitrogens is 1. The average Bonchev–Trinajstić information content (AvgIpc) is 3.39. The molecule has 0 rings (SSSR count). The first-order chi connectivity index (χ1) is 37.1. The second-order valence-electron chi connectivity index (χ2n) is 21.3. The molecule has 0 fully saturated rings. The Morgan fingerprint density at radius 2 is 0.750 bits per heavy atom. The van der Waals surface area contributed by atoms with Gasteiger partial charge in [-0.3, -0.25) is 9.59 Å². The number of carboxylic acid groups (broad SMARTS) is 1. The van der Waals surface area contributed by atoms with E-state index in [1.54, 1.807) is 0 Å². The van der Waals surface area contributed by atoms with E-state index in [1.165, 1.54) is 96.3 Å². The fraction of sp³-hybridized carbons (Fsp3) is 0.687. The van der Waals surface area contributed by atoms with Gasteiger partial charge in [-0.25, -0.2) is 0 Å². The van der Waals surface area contributed by atoms with Crippen molar-refractivity contribution in [1.29, 1.82) is 0 Å². The van der Waals surface area contributed by atoms with Gasteiger partial charge in [-0.15, -0.1) is 0 Å². The number of carbonyl (C=O) groups is 3. The van der Waals surface area contributed by atoms with Gasteiger partial charge in [-0.05, 0) is 103 Å². The van der Waals surface area contributed by atoms with Gasteiger partial charge < -0.3 is 33.3 Å². The smallest absolute Gasteiger partial charge is 0.306 e. The Balaban J connectivity index is 4.22. The van der Waals surface area contributed by atoms with Crippen LogP contribution in [0.25, 0.3) is 0 Å². The molecule has 0 bridgehead atoms. The molecular weight excluding hydrogens is 947 g/mol. The molecule has 0 spiro atoms. The summed E-state index contributed by atoms with van der Waals surface area (Å²) in [5.74, 6) is -2.30. The second-order valence-corrected chi connectivity index (χ2v) is 21.3. The lowest BCUT2D eigenvalue weighted by atomic mass is 10.0. The molecule has 0 radical (unpaired) electrons. The summed E-state index contributed by atoms with van der Waals surface area (Å²) in [5.41, 5.74) is 0. The van der Waals surface area contributed by atoms with Gasteiger partial charge in [0.2, 0.25) is 0 Å². The van der Waals surface area contributed by atoms with Crippen molar-refractivity contribution >= 4 is 17.9 Å². The van der Waals surface area contributed by atoms with E-state index in [1.807, 2.05) is 21.1 Å². The molecule has 0 heterocycles. The predicted octanol–water partition coefficient (Wildman–Crippen LogP) is 17.0. The summed E-state index contributed by atoms with van der Waals surface area (Å²) < 4.78 is 22.7. The van der Waals surface area contributed by atoms with Crippen molar-refractivity contribution in [3.8, 4) is 0 Å². The molecule has 0 amide bonds. The van der Waals surface area contributed by atoms with Gasteiger partial charge >= 0.3 is 11.9 Å². The van der Waals surface area contributed by atoms with Crippen LogP contribution >= 0.6 is 0 Å². The Morgan fingerprint density at radius 1 is 0.408 bits per heavy atom. The highest BCUT2D eigenvalue weighted by Gasteiger charge is 2.22. The zero-order valence-electron chi connectivity index (χ0n) is 49.3. The van der Waals surface area contributed by atoms with Crippen LogP contribution in [-0.2, 0) is 33.3 Å². The number of hydrogen-bond donors (Lipinski definition) is 0. The molecule has 0 saturated carbocycles. The standard InChI is InChI=1S/C67H113NO8/c1-6-8-10-12-14-16-18-20-22-24-26-27-28-29-30-31-32-33-34-35-36-37-38-39-40-42-44-46-48-50-52-54-56-58-65(70)76-63(62-75-67(66(71)72)73-60-59-68(3,4)5)61-74-64(69)57-55-53-51-49-47-45-43-41-25-23-21-19-17-15-13-11-9-7-2/h8,10,14,16-17,19-20,22-23,25-27,29-30,32-33,35-36,63,67H,6-7,9,11-13,15,18,21,24,28,31,34,37-62H2,1-5H3/b10-8-,16-14-,19-17-,22-20-,25-23-,27-26-,30-29-,33-32-,36-35-. The van der Waals surface area contributed by atoms with E-state index in [0.29, 0.717) is 17.4 Å². The maximum Gasteiger partial charge on any atom is 0.306 e. The van der Waals surface area contributed by atoms with Gasteiger partial charge in [0.15, 0.2) is 12.4 Å². The molecule has 0 aliphatic rings. The summed E-state index contributed by atoms with van der Waals surface area (Å²) >= 11 is 0. The monoisotopic (exact) mass is 1060 g/mol. The quantitative estimate of drug-likeness (QED) is 0.0195. The van der Waals surface area contributed by atoms with Gasteiger partial charge in [-0.1, -0.05) is 232 Å². The number of likely N-dealkylation sites (N-methyl/N-ethyl adjacent to an activating group) is 1. The number of ether oxygens (including phenoxy) is 4. The van der Waals surface area contributed by atoms with E-state index in [2.05, 4.69) is 123 Å². The third-order valence-corrected chi connectivity index (χ3v) is 12.8. The van der Waals surface area contributed by atoms with Crippen molar-refractivity contribution in [1.82, 2.24) is 0 Å². The van der Waals surface area contributed by atoms with Crippen molar-refractivity contribution in [2.45, 2.75) is 251 Å². The number of carbonyl (C=O) groups excluding carboxylic acids is 3. The first-order valence-electron chi connectivity index (χ1n) is 30.5.